The molecule has 0 aromatic heterocycles. The normalized spacial score (nSPS) is 14.3. The second-order valence-corrected chi connectivity index (χ2v) is 8.84. The van der Waals surface area contributed by atoms with Crippen molar-refractivity contribution >= 4 is 52.2 Å². The molecule has 3 amide bonds. The number of carbonyl (C=O) groups is 3. The van der Waals surface area contributed by atoms with Gasteiger partial charge >= 0.3 is 0 Å². The third-order valence-electron chi connectivity index (χ3n) is 4.88. The van der Waals surface area contributed by atoms with Gasteiger partial charge in [0, 0.05) is 10.7 Å². The highest BCUT2D eigenvalue weighted by Crippen LogP contribution is 2.32. The fraction of sp³-hybridized carbons (Fsp3) is 0.115. The van der Waals surface area contributed by atoms with Crippen LogP contribution >= 0.6 is 23.4 Å². The largest absolute Gasteiger partial charge is 0.492 e. The molecule has 0 saturated carbocycles. The van der Waals surface area contributed by atoms with Gasteiger partial charge in [-0.1, -0.05) is 41.9 Å². The van der Waals surface area contributed by atoms with Gasteiger partial charge in [0.1, 0.15) is 18.1 Å². The van der Waals surface area contributed by atoms with Crippen molar-refractivity contribution in [3.05, 3.63) is 94.4 Å². The number of hydrogen-bond donors (Lipinski definition) is 1. The summed E-state index contributed by atoms with van der Waals surface area (Å²) in [5.74, 6) is 0.525. The zero-order chi connectivity index (χ0) is 24.6. The fourth-order valence-electron chi connectivity index (χ4n) is 3.16. The number of rotatable bonds is 9. The summed E-state index contributed by atoms with van der Waals surface area (Å²) in [5.41, 5.74) is 1.35. The summed E-state index contributed by atoms with van der Waals surface area (Å²) in [6.45, 7) is 0.223. The molecule has 4 rings (SSSR count). The van der Waals surface area contributed by atoms with Crippen LogP contribution in [0.4, 0.5) is 10.5 Å². The van der Waals surface area contributed by atoms with Crippen LogP contribution in [-0.4, -0.2) is 41.7 Å². The van der Waals surface area contributed by atoms with Crippen LogP contribution in [-0.2, 0) is 9.59 Å². The van der Waals surface area contributed by atoms with Gasteiger partial charge in [-0.3, -0.25) is 19.3 Å². The lowest BCUT2D eigenvalue weighted by Crippen LogP contribution is -2.32. The van der Waals surface area contributed by atoms with Crippen LogP contribution in [0.15, 0.2) is 83.8 Å². The molecule has 178 valence electrons. The molecule has 7 nitrogen and oxygen atoms in total. The summed E-state index contributed by atoms with van der Waals surface area (Å²) < 4.78 is 11.1. The number of nitrogens with one attached hydrogen (secondary N) is 1. The predicted molar refractivity (Wildman–Crippen MR) is 137 cm³/mol. The lowest BCUT2D eigenvalue weighted by atomic mass is 10.2. The number of anilines is 1. The molecule has 1 aliphatic heterocycles. The first kappa shape index (κ1) is 24.4. The van der Waals surface area contributed by atoms with Gasteiger partial charge in [-0.2, -0.15) is 0 Å². The minimum Gasteiger partial charge on any atom is -0.492 e. The Bertz CT molecular complexity index is 1230. The number of nitrogens with zero attached hydrogens (tertiary/aromatic N) is 1. The van der Waals surface area contributed by atoms with Crippen molar-refractivity contribution in [3.63, 3.8) is 0 Å². The zero-order valence-electron chi connectivity index (χ0n) is 18.5. The van der Waals surface area contributed by atoms with Gasteiger partial charge in [0.05, 0.1) is 11.4 Å². The van der Waals surface area contributed by atoms with E-state index in [0.29, 0.717) is 27.1 Å². The molecule has 1 fully saturated rings. The lowest BCUT2D eigenvalue weighted by Gasteiger charge is -2.13. The predicted octanol–water partition coefficient (Wildman–Crippen LogP) is 5.47. The molecule has 9 heteroatoms. The van der Waals surface area contributed by atoms with Gasteiger partial charge in [-0.15, -0.1) is 0 Å². The van der Waals surface area contributed by atoms with Crippen molar-refractivity contribution in [1.29, 1.82) is 0 Å². The van der Waals surface area contributed by atoms with Crippen molar-refractivity contribution in [2.45, 2.75) is 0 Å². The minimum absolute atomic E-state index is 0.161. The lowest BCUT2D eigenvalue weighted by molar-refractivity contribution is -0.123. The third-order valence-corrected chi connectivity index (χ3v) is 6.04. The van der Waals surface area contributed by atoms with E-state index >= 15 is 0 Å². The first-order chi connectivity index (χ1) is 17.0. The highest BCUT2D eigenvalue weighted by molar-refractivity contribution is 8.18. The fourth-order valence-corrected chi connectivity index (χ4v) is 4.15. The van der Waals surface area contributed by atoms with E-state index in [1.807, 2.05) is 30.3 Å². The van der Waals surface area contributed by atoms with E-state index in [9.17, 15) is 14.4 Å². The first-order valence-electron chi connectivity index (χ1n) is 10.7. The highest BCUT2D eigenvalue weighted by Gasteiger charge is 2.34. The third kappa shape index (κ3) is 6.88. The van der Waals surface area contributed by atoms with Crippen molar-refractivity contribution in [1.82, 2.24) is 4.90 Å². The van der Waals surface area contributed by atoms with Crippen LogP contribution in [0.2, 0.25) is 5.02 Å². The molecule has 1 aliphatic rings. The molecule has 0 aliphatic carbocycles. The van der Waals surface area contributed by atoms with Crippen molar-refractivity contribution < 1.29 is 23.9 Å². The van der Waals surface area contributed by atoms with Crippen LogP contribution in [0.3, 0.4) is 0 Å². The second-order valence-electron chi connectivity index (χ2n) is 7.41. The monoisotopic (exact) mass is 508 g/mol. The quantitative estimate of drug-likeness (QED) is 0.386. The minimum atomic E-state index is -0.351. The van der Waals surface area contributed by atoms with Crippen molar-refractivity contribution in [2.75, 3.05) is 25.1 Å². The highest BCUT2D eigenvalue weighted by atomic mass is 35.5. The number of para-hydroxylation sites is 1. The molecule has 0 unspecified atom stereocenters. The van der Waals surface area contributed by atoms with Gasteiger partial charge in [0.15, 0.2) is 6.61 Å². The summed E-state index contributed by atoms with van der Waals surface area (Å²) in [6.07, 6.45) is 1.65. The van der Waals surface area contributed by atoms with E-state index in [0.717, 1.165) is 17.3 Å². The summed E-state index contributed by atoms with van der Waals surface area (Å²) in [4.78, 5) is 38.5. The summed E-state index contributed by atoms with van der Waals surface area (Å²) in [6, 6.07) is 22.9. The van der Waals surface area contributed by atoms with E-state index in [1.54, 1.807) is 54.6 Å². The van der Waals surface area contributed by atoms with Gasteiger partial charge < -0.3 is 14.8 Å². The zero-order valence-corrected chi connectivity index (χ0v) is 20.1. The van der Waals surface area contributed by atoms with Crippen LogP contribution in [0.1, 0.15) is 5.56 Å². The Morgan fingerprint density at radius 3 is 2.31 bits per heavy atom. The number of benzene rings is 3. The molecule has 0 atom stereocenters. The molecule has 3 aromatic rings. The molecule has 1 heterocycles. The van der Waals surface area contributed by atoms with Crippen LogP contribution < -0.4 is 14.8 Å². The average Bonchev–Trinajstić information content (AvgIpc) is 3.13. The smallest absolute Gasteiger partial charge is 0.293 e. The SMILES string of the molecule is O=C(COc1ccc(/C=C2\SC(=O)N(CCOc3ccccc3)C2=O)cc1)Nc1ccc(Cl)cc1. The maximum atomic E-state index is 12.7. The number of imide groups is 1. The molecule has 35 heavy (non-hydrogen) atoms. The van der Waals surface area contributed by atoms with Crippen molar-refractivity contribution in [2.24, 2.45) is 0 Å². The van der Waals surface area contributed by atoms with Crippen molar-refractivity contribution in [3.8, 4) is 11.5 Å². The van der Waals surface area contributed by atoms with E-state index in [1.165, 1.54) is 4.90 Å². The maximum absolute atomic E-state index is 12.7. The number of carbonyl (C=O) groups excluding carboxylic acids is 3. The van der Waals surface area contributed by atoms with Crippen LogP contribution in [0.25, 0.3) is 6.08 Å². The summed E-state index contributed by atoms with van der Waals surface area (Å²) >= 11 is 6.73. The number of halogens is 1. The number of ether oxygens (including phenoxy) is 2. The van der Waals surface area contributed by atoms with Gasteiger partial charge in [-0.25, -0.2) is 0 Å². The molecule has 1 N–H and O–H groups in total. The van der Waals surface area contributed by atoms with E-state index in [4.69, 9.17) is 21.1 Å². The Hall–Kier alpha value is -3.75. The summed E-state index contributed by atoms with van der Waals surface area (Å²) in [7, 11) is 0. The number of amides is 3. The average molecular weight is 509 g/mol. The molecule has 3 aromatic carbocycles. The first-order valence-corrected chi connectivity index (χ1v) is 11.9. The van der Waals surface area contributed by atoms with Crippen LogP contribution in [0.5, 0.6) is 11.5 Å². The summed E-state index contributed by atoms with van der Waals surface area (Å²) in [5, 5.41) is 2.97. The molecule has 0 bridgehead atoms. The van der Waals surface area contributed by atoms with Gasteiger partial charge in [0.25, 0.3) is 17.1 Å². The maximum Gasteiger partial charge on any atom is 0.293 e. The Morgan fingerprint density at radius 2 is 1.60 bits per heavy atom. The molecular formula is C26H21ClN2O5S. The molecule has 0 spiro atoms. The second kappa shape index (κ2) is 11.6. The van der Waals surface area contributed by atoms with Gasteiger partial charge in [-0.05, 0) is 71.9 Å². The van der Waals surface area contributed by atoms with Gasteiger partial charge in [0.2, 0.25) is 0 Å². The molecular weight excluding hydrogens is 488 g/mol. The Kier molecular flexibility index (Phi) is 8.07. The van der Waals surface area contributed by atoms with E-state index in [2.05, 4.69) is 5.32 Å². The Balaban J connectivity index is 1.27. The number of thioether (sulfide) groups is 1. The topological polar surface area (TPSA) is 84.9 Å². The number of hydrogen-bond acceptors (Lipinski definition) is 6. The Morgan fingerprint density at radius 1 is 0.914 bits per heavy atom. The van der Waals surface area contributed by atoms with E-state index in [-0.39, 0.29) is 36.8 Å². The Labute approximate surface area is 211 Å². The van der Waals surface area contributed by atoms with Crippen LogP contribution in [0, 0.1) is 0 Å². The molecule has 1 saturated heterocycles. The van der Waals surface area contributed by atoms with E-state index < -0.39 is 0 Å². The molecule has 0 radical (unpaired) electrons. The standard InChI is InChI=1S/C26H21ClN2O5S/c27-19-8-10-20(11-9-19)28-24(30)17-34-22-12-6-18(7-13-22)16-23-25(31)29(26(32)35-23)14-15-33-21-4-2-1-3-5-21/h1-13,16H,14-15,17H2,(H,28,30)/b23-16-.